The monoisotopic (exact) mass is 530 g/mol. The van der Waals surface area contributed by atoms with Crippen LogP contribution in [0.4, 0.5) is 0 Å². The van der Waals surface area contributed by atoms with E-state index in [1.54, 1.807) is 53.4 Å². The summed E-state index contributed by atoms with van der Waals surface area (Å²) in [6, 6.07) is 26.7. The van der Waals surface area contributed by atoms with Crippen LogP contribution in [0.2, 0.25) is 0 Å². The maximum absolute atomic E-state index is 14.2. The first-order chi connectivity index (χ1) is 15.5. The Kier molecular flexibility index (Phi) is 8.73. The highest BCUT2D eigenvalue weighted by Crippen LogP contribution is 2.57. The number of benzene rings is 3. The molecule has 1 saturated heterocycles. The largest absolute Gasteiger partial charge is 0.453 e. The molecule has 0 aromatic heterocycles. The summed E-state index contributed by atoms with van der Waals surface area (Å²) in [5.74, 6) is -0.0959. The topological polar surface area (TPSA) is 81.9 Å². The van der Waals surface area contributed by atoms with Gasteiger partial charge in [0.2, 0.25) is 5.91 Å². The number of carbonyl (C=O) groups is 1. The van der Waals surface area contributed by atoms with Crippen molar-refractivity contribution in [3.63, 3.8) is 0 Å². The number of amides is 1. The Morgan fingerprint density at radius 3 is 1.91 bits per heavy atom. The molecule has 1 amide bonds. The van der Waals surface area contributed by atoms with Crippen molar-refractivity contribution in [1.82, 2.24) is 4.90 Å². The maximum Gasteiger partial charge on any atom is 0.453 e. The molecule has 174 valence electrons. The molecule has 3 aromatic carbocycles. The molecule has 0 bridgehead atoms. The third-order valence-corrected chi connectivity index (χ3v) is 7.63. The van der Waals surface area contributed by atoms with E-state index in [4.69, 9.17) is 14.8 Å². The fourth-order valence-electron chi connectivity index (χ4n) is 3.90. The summed E-state index contributed by atoms with van der Waals surface area (Å²) < 4.78 is 26.1. The lowest BCUT2D eigenvalue weighted by molar-refractivity contribution is -0.132. The highest BCUT2D eigenvalue weighted by molar-refractivity contribution is 8.93. The van der Waals surface area contributed by atoms with Crippen LogP contribution in [-0.4, -0.2) is 29.2 Å². The number of hydrogen-bond acceptors (Lipinski definition) is 5. The number of nitrogens with zero attached hydrogens (tertiary/aromatic N) is 1. The highest BCUT2D eigenvalue weighted by Gasteiger charge is 2.48. The Balaban J connectivity index is 0.00000306. The second-order valence-corrected chi connectivity index (χ2v) is 9.84. The molecule has 0 saturated carbocycles. The van der Waals surface area contributed by atoms with Gasteiger partial charge in [-0.25, -0.2) is 4.57 Å². The lowest BCUT2D eigenvalue weighted by atomic mass is 10.1. The summed E-state index contributed by atoms with van der Waals surface area (Å²) >= 11 is 0. The van der Waals surface area contributed by atoms with Crippen LogP contribution >= 0.6 is 24.6 Å². The van der Waals surface area contributed by atoms with Gasteiger partial charge in [0, 0.05) is 6.54 Å². The maximum atomic E-state index is 14.2. The van der Waals surface area contributed by atoms with E-state index in [-0.39, 0.29) is 22.9 Å². The molecule has 1 heterocycles. The average Bonchev–Trinajstić information content (AvgIpc) is 3.31. The van der Waals surface area contributed by atoms with E-state index in [2.05, 4.69) is 0 Å². The van der Waals surface area contributed by atoms with Crippen LogP contribution in [0, 0.1) is 0 Å². The SMILES string of the molecule is Br.N[C@@H](Cc1ccccc1)C(=O)N1CCC[C@H]1P(=O)(Oc1ccccc1)Oc1ccccc1. The average molecular weight is 531 g/mol. The number of halogens is 1. The molecule has 6 nitrogen and oxygen atoms in total. The fourth-order valence-corrected chi connectivity index (χ4v) is 6.08. The molecule has 1 fully saturated rings. The van der Waals surface area contributed by atoms with Crippen molar-refractivity contribution >= 4 is 30.5 Å². The van der Waals surface area contributed by atoms with Gasteiger partial charge in [0.1, 0.15) is 11.5 Å². The third-order valence-electron chi connectivity index (χ3n) is 5.44. The minimum Gasteiger partial charge on any atom is -0.415 e. The zero-order valence-corrected chi connectivity index (χ0v) is 20.8. The van der Waals surface area contributed by atoms with Crippen LogP contribution in [-0.2, 0) is 15.8 Å². The van der Waals surface area contributed by atoms with E-state index in [0.29, 0.717) is 37.3 Å². The van der Waals surface area contributed by atoms with Gasteiger partial charge >= 0.3 is 7.60 Å². The minimum absolute atomic E-state index is 0. The summed E-state index contributed by atoms with van der Waals surface area (Å²) in [6.07, 6.45) is 1.63. The molecule has 0 radical (unpaired) electrons. The predicted molar refractivity (Wildman–Crippen MR) is 135 cm³/mol. The normalized spacial score (nSPS) is 16.5. The molecule has 1 aliphatic rings. The smallest absolute Gasteiger partial charge is 0.415 e. The molecule has 8 heteroatoms. The highest BCUT2D eigenvalue weighted by atomic mass is 79.9. The predicted octanol–water partition coefficient (Wildman–Crippen LogP) is 5.43. The van der Waals surface area contributed by atoms with Crippen LogP contribution in [0.3, 0.4) is 0 Å². The summed E-state index contributed by atoms with van der Waals surface area (Å²) in [4.78, 5) is 14.9. The van der Waals surface area contributed by atoms with E-state index < -0.39 is 19.4 Å². The Labute approximate surface area is 205 Å². The van der Waals surface area contributed by atoms with E-state index in [1.807, 2.05) is 42.5 Å². The van der Waals surface area contributed by atoms with E-state index in [0.717, 1.165) is 5.56 Å². The molecule has 1 aliphatic heterocycles. The Hall–Kier alpha value is -2.60. The Bertz CT molecular complexity index is 1020. The van der Waals surface area contributed by atoms with Crippen LogP contribution in [0.1, 0.15) is 18.4 Å². The van der Waals surface area contributed by atoms with Gasteiger partial charge in [0.15, 0.2) is 5.78 Å². The van der Waals surface area contributed by atoms with Crippen molar-refractivity contribution in [1.29, 1.82) is 0 Å². The summed E-state index contributed by atoms with van der Waals surface area (Å²) in [5.41, 5.74) is 7.26. The molecule has 0 unspecified atom stereocenters. The first-order valence-corrected chi connectivity index (χ1v) is 12.4. The zero-order valence-electron chi connectivity index (χ0n) is 18.2. The Morgan fingerprint density at radius 2 is 1.39 bits per heavy atom. The van der Waals surface area contributed by atoms with Gasteiger partial charge in [-0.3, -0.25) is 4.79 Å². The van der Waals surface area contributed by atoms with E-state index in [9.17, 15) is 9.36 Å². The number of likely N-dealkylation sites (tertiary alicyclic amines) is 1. The number of hydrogen-bond donors (Lipinski definition) is 1. The fraction of sp³-hybridized carbons (Fsp3) is 0.240. The van der Waals surface area contributed by atoms with Gasteiger partial charge in [-0.15, -0.1) is 17.0 Å². The number of rotatable bonds is 8. The molecule has 2 atom stereocenters. The molecular formula is C25H28BrN2O4P. The van der Waals surface area contributed by atoms with Gasteiger partial charge in [-0.1, -0.05) is 66.7 Å². The zero-order chi connectivity index (χ0) is 22.4. The molecule has 0 aliphatic carbocycles. The Morgan fingerprint density at radius 1 is 0.909 bits per heavy atom. The van der Waals surface area contributed by atoms with Gasteiger partial charge in [-0.2, -0.15) is 0 Å². The molecule has 0 spiro atoms. The van der Waals surface area contributed by atoms with Crippen LogP contribution in [0.25, 0.3) is 0 Å². The van der Waals surface area contributed by atoms with Crippen molar-refractivity contribution in [2.24, 2.45) is 5.73 Å². The van der Waals surface area contributed by atoms with Gasteiger partial charge in [0.25, 0.3) is 0 Å². The van der Waals surface area contributed by atoms with Crippen molar-refractivity contribution in [3.8, 4) is 11.5 Å². The lowest BCUT2D eigenvalue weighted by Gasteiger charge is -2.32. The minimum atomic E-state index is -3.79. The third kappa shape index (κ3) is 6.26. The van der Waals surface area contributed by atoms with Gasteiger partial charge in [0.05, 0.1) is 6.04 Å². The van der Waals surface area contributed by atoms with Crippen molar-refractivity contribution in [2.45, 2.75) is 31.1 Å². The number of nitrogens with two attached hydrogens (primary N) is 1. The second kappa shape index (κ2) is 11.5. The lowest BCUT2D eigenvalue weighted by Crippen LogP contribution is -2.47. The number of para-hydroxylation sites is 2. The number of carbonyl (C=O) groups excluding carboxylic acids is 1. The van der Waals surface area contributed by atoms with Crippen LogP contribution in [0.5, 0.6) is 11.5 Å². The standard InChI is InChI=1S/C25H27N2O4P.BrH/c26-23(19-20-11-4-1-5-12-20)25(28)27-18-10-17-24(27)32(29,30-21-13-6-2-7-14-21)31-22-15-8-3-9-16-22;/h1-9,11-16,23-24H,10,17-19,26H2;1H/t23-,24+;/m0./s1. The summed E-state index contributed by atoms with van der Waals surface area (Å²) in [6.45, 7) is 0.465. The summed E-state index contributed by atoms with van der Waals surface area (Å²) in [7, 11) is -3.79. The first kappa shape index (κ1) is 25.0. The van der Waals surface area contributed by atoms with E-state index in [1.165, 1.54) is 0 Å². The van der Waals surface area contributed by atoms with Crippen molar-refractivity contribution in [3.05, 3.63) is 96.6 Å². The van der Waals surface area contributed by atoms with E-state index >= 15 is 0 Å². The summed E-state index contributed by atoms with van der Waals surface area (Å²) in [5, 5.41) is 0. The molecule has 4 rings (SSSR count). The second-order valence-electron chi connectivity index (χ2n) is 7.80. The van der Waals surface area contributed by atoms with Crippen LogP contribution in [0.15, 0.2) is 91.0 Å². The van der Waals surface area contributed by atoms with Gasteiger partial charge < -0.3 is 19.7 Å². The van der Waals surface area contributed by atoms with Crippen LogP contribution < -0.4 is 14.8 Å². The molecular weight excluding hydrogens is 503 g/mol. The molecule has 2 N–H and O–H groups in total. The van der Waals surface area contributed by atoms with Gasteiger partial charge in [-0.05, 0) is 49.1 Å². The van der Waals surface area contributed by atoms with Crippen molar-refractivity contribution in [2.75, 3.05) is 6.54 Å². The molecule has 3 aromatic rings. The van der Waals surface area contributed by atoms with Crippen molar-refractivity contribution < 1.29 is 18.4 Å². The molecule has 33 heavy (non-hydrogen) atoms. The first-order valence-electron chi connectivity index (χ1n) is 10.7. The quantitative estimate of drug-likeness (QED) is 0.392.